The number of thiophene rings is 1. The lowest BCUT2D eigenvalue weighted by Crippen LogP contribution is -1.95. The average molecular weight is 605 g/mol. The van der Waals surface area contributed by atoms with Crippen molar-refractivity contribution in [2.24, 2.45) is 0 Å². The van der Waals surface area contributed by atoms with Crippen molar-refractivity contribution in [1.29, 1.82) is 0 Å². The number of para-hydroxylation sites is 3. The molecule has 0 N–H and O–H groups in total. The van der Waals surface area contributed by atoms with Crippen LogP contribution in [0.5, 0.6) is 0 Å². The van der Waals surface area contributed by atoms with Crippen molar-refractivity contribution in [2.45, 2.75) is 0 Å². The third-order valence-corrected chi connectivity index (χ3v) is 10.9. The third kappa shape index (κ3) is 3.16. The van der Waals surface area contributed by atoms with E-state index in [-0.39, 0.29) is 0 Å². The molecule has 3 nitrogen and oxygen atoms in total. The van der Waals surface area contributed by atoms with Crippen molar-refractivity contribution in [3.63, 3.8) is 0 Å². The summed E-state index contributed by atoms with van der Waals surface area (Å²) in [4.78, 5) is 0. The van der Waals surface area contributed by atoms with Crippen LogP contribution in [0.3, 0.4) is 0 Å². The smallest absolute Gasteiger partial charge is 0.137 e. The van der Waals surface area contributed by atoms with Gasteiger partial charge in [0.05, 0.1) is 22.1 Å². The summed E-state index contributed by atoms with van der Waals surface area (Å²) in [7, 11) is 0. The molecule has 0 spiro atoms. The maximum absolute atomic E-state index is 6.34. The number of aromatic nitrogens is 2. The third-order valence-electron chi connectivity index (χ3n) is 9.71. The molecular formula is C42H24N2OS. The van der Waals surface area contributed by atoms with Crippen molar-refractivity contribution in [3.05, 3.63) is 146 Å². The molecule has 0 saturated heterocycles. The summed E-state index contributed by atoms with van der Waals surface area (Å²) in [5.74, 6) is 0. The molecule has 0 amide bonds. The Bertz CT molecular complexity index is 3040. The molecule has 4 aromatic heterocycles. The van der Waals surface area contributed by atoms with E-state index < -0.39 is 0 Å². The van der Waals surface area contributed by atoms with Crippen LogP contribution in [0.15, 0.2) is 150 Å². The van der Waals surface area contributed by atoms with Gasteiger partial charge in [-0.25, -0.2) is 0 Å². The minimum absolute atomic E-state index is 0.899. The van der Waals surface area contributed by atoms with Crippen LogP contribution in [-0.4, -0.2) is 9.13 Å². The Morgan fingerprint density at radius 1 is 0.391 bits per heavy atom. The van der Waals surface area contributed by atoms with Crippen molar-refractivity contribution in [1.82, 2.24) is 9.13 Å². The van der Waals surface area contributed by atoms with E-state index in [2.05, 4.69) is 143 Å². The topological polar surface area (TPSA) is 23.0 Å². The molecule has 0 saturated carbocycles. The zero-order valence-corrected chi connectivity index (χ0v) is 25.4. The van der Waals surface area contributed by atoms with E-state index >= 15 is 0 Å². The number of benzene rings is 7. The summed E-state index contributed by atoms with van der Waals surface area (Å²) in [5, 5.41) is 9.91. The first-order chi connectivity index (χ1) is 22.8. The van der Waals surface area contributed by atoms with Crippen molar-refractivity contribution >= 4 is 97.1 Å². The Kier molecular flexibility index (Phi) is 4.72. The number of hydrogen-bond donors (Lipinski definition) is 0. The maximum atomic E-state index is 6.34. The van der Waals surface area contributed by atoms with Gasteiger partial charge in [-0.2, -0.15) is 0 Å². The van der Waals surface area contributed by atoms with Crippen LogP contribution < -0.4 is 0 Å². The summed E-state index contributed by atoms with van der Waals surface area (Å²) in [6, 6.07) is 52.8. The highest BCUT2D eigenvalue weighted by Crippen LogP contribution is 2.43. The van der Waals surface area contributed by atoms with Gasteiger partial charge >= 0.3 is 0 Å². The Morgan fingerprint density at radius 3 is 1.91 bits per heavy atom. The summed E-state index contributed by atoms with van der Waals surface area (Å²) >= 11 is 1.86. The molecule has 0 radical (unpaired) electrons. The lowest BCUT2D eigenvalue weighted by atomic mass is 10.1. The molecule has 4 heteroatoms. The first kappa shape index (κ1) is 24.5. The summed E-state index contributed by atoms with van der Waals surface area (Å²) < 4.78 is 13.9. The fraction of sp³-hybridized carbons (Fsp3) is 0. The quantitative estimate of drug-likeness (QED) is 0.192. The summed E-state index contributed by atoms with van der Waals surface area (Å²) in [6.07, 6.45) is 0. The number of nitrogens with zero attached hydrogens (tertiary/aromatic N) is 2. The van der Waals surface area contributed by atoms with Gasteiger partial charge in [0.25, 0.3) is 0 Å². The van der Waals surface area contributed by atoms with Crippen molar-refractivity contribution in [2.75, 3.05) is 0 Å². The monoisotopic (exact) mass is 604 g/mol. The fourth-order valence-electron chi connectivity index (χ4n) is 7.76. The standard InChI is InChI=1S/C42H24N2OS/c1-5-13-34-27(9-1)31-20-21-36-41(42(31)44(34)25-18-22-40-33(23-25)30-11-4-8-16-39(30)46-40)32-12-2-6-14-35(32)43(36)26-17-19-29-28-10-3-7-15-37(28)45-38(29)24-26/h1-24H. The molecule has 7 aromatic carbocycles. The number of fused-ring (bicyclic) bond motifs is 13. The Hall–Kier alpha value is -5.84. The number of furan rings is 1. The van der Waals surface area contributed by atoms with Crippen LogP contribution >= 0.6 is 11.3 Å². The Balaban J connectivity index is 1.27. The lowest BCUT2D eigenvalue weighted by molar-refractivity contribution is 0.668. The van der Waals surface area contributed by atoms with Gasteiger partial charge in [-0.05, 0) is 60.7 Å². The zero-order valence-electron chi connectivity index (χ0n) is 24.6. The van der Waals surface area contributed by atoms with Crippen LogP contribution in [0.25, 0.3) is 97.1 Å². The van der Waals surface area contributed by atoms with E-state index in [1.165, 1.54) is 69.5 Å². The summed E-state index contributed by atoms with van der Waals surface area (Å²) in [6.45, 7) is 0. The lowest BCUT2D eigenvalue weighted by Gasteiger charge is -2.10. The molecular weight excluding hydrogens is 581 g/mol. The minimum atomic E-state index is 0.899. The van der Waals surface area contributed by atoms with Gasteiger partial charge in [-0.3, -0.25) is 0 Å². The molecule has 4 heterocycles. The van der Waals surface area contributed by atoms with Crippen LogP contribution in [0.1, 0.15) is 0 Å². The van der Waals surface area contributed by atoms with Gasteiger partial charge < -0.3 is 13.6 Å². The van der Waals surface area contributed by atoms with Gasteiger partial charge in [0.2, 0.25) is 0 Å². The van der Waals surface area contributed by atoms with Crippen LogP contribution in [0.2, 0.25) is 0 Å². The average Bonchev–Trinajstić information content (AvgIpc) is 3.85. The summed E-state index contributed by atoms with van der Waals surface area (Å²) in [5.41, 5.74) is 8.88. The van der Waals surface area contributed by atoms with Gasteiger partial charge in [0.15, 0.2) is 0 Å². The van der Waals surface area contributed by atoms with E-state index in [0.717, 1.165) is 27.6 Å². The minimum Gasteiger partial charge on any atom is -0.456 e. The van der Waals surface area contributed by atoms with E-state index in [4.69, 9.17) is 4.42 Å². The van der Waals surface area contributed by atoms with Gasteiger partial charge in [0.1, 0.15) is 11.2 Å². The van der Waals surface area contributed by atoms with E-state index in [9.17, 15) is 0 Å². The molecule has 0 aliphatic carbocycles. The molecule has 11 rings (SSSR count). The number of rotatable bonds is 2. The predicted molar refractivity (Wildman–Crippen MR) is 195 cm³/mol. The molecule has 0 aliphatic heterocycles. The second-order valence-corrected chi connectivity index (χ2v) is 13.2. The van der Waals surface area contributed by atoms with E-state index in [1.54, 1.807) is 0 Å². The largest absolute Gasteiger partial charge is 0.456 e. The SMILES string of the molecule is c1ccc2c(c1)oc1cc(-n3c4ccccc4c4c3ccc3c5ccccc5n(-c5ccc6sc7ccccc7c6c5)c34)ccc12. The molecule has 11 aromatic rings. The molecule has 0 bridgehead atoms. The van der Waals surface area contributed by atoms with Gasteiger partial charge in [-0.15, -0.1) is 11.3 Å². The molecule has 214 valence electrons. The molecule has 46 heavy (non-hydrogen) atoms. The molecule has 0 atom stereocenters. The first-order valence-corrected chi connectivity index (χ1v) is 16.4. The first-order valence-electron chi connectivity index (χ1n) is 15.6. The highest BCUT2D eigenvalue weighted by Gasteiger charge is 2.21. The van der Waals surface area contributed by atoms with E-state index in [0.29, 0.717) is 0 Å². The van der Waals surface area contributed by atoms with Crippen molar-refractivity contribution in [3.8, 4) is 11.4 Å². The second-order valence-electron chi connectivity index (χ2n) is 12.1. The maximum Gasteiger partial charge on any atom is 0.137 e. The molecule has 0 unspecified atom stereocenters. The molecule has 0 fully saturated rings. The fourth-order valence-corrected chi connectivity index (χ4v) is 8.85. The van der Waals surface area contributed by atoms with Gasteiger partial charge in [0, 0.05) is 69.9 Å². The normalized spacial score (nSPS) is 12.3. The Labute approximate surface area is 266 Å². The number of hydrogen-bond acceptors (Lipinski definition) is 2. The second kappa shape index (κ2) is 8.87. The van der Waals surface area contributed by atoms with Gasteiger partial charge in [-0.1, -0.05) is 78.9 Å². The van der Waals surface area contributed by atoms with Crippen LogP contribution in [0.4, 0.5) is 0 Å². The van der Waals surface area contributed by atoms with Crippen LogP contribution in [-0.2, 0) is 0 Å². The Morgan fingerprint density at radius 2 is 1.02 bits per heavy atom. The predicted octanol–water partition coefficient (Wildman–Crippen LogP) is 12.1. The van der Waals surface area contributed by atoms with Crippen molar-refractivity contribution < 1.29 is 4.42 Å². The molecule has 0 aliphatic rings. The highest BCUT2D eigenvalue weighted by atomic mass is 32.1. The van der Waals surface area contributed by atoms with Crippen LogP contribution in [0, 0.1) is 0 Å². The highest BCUT2D eigenvalue weighted by molar-refractivity contribution is 7.25. The van der Waals surface area contributed by atoms with E-state index in [1.807, 2.05) is 23.5 Å². The zero-order chi connectivity index (χ0) is 29.9.